The van der Waals surface area contributed by atoms with Gasteiger partial charge in [-0.3, -0.25) is 19.7 Å². The number of piperidine rings is 1. The van der Waals surface area contributed by atoms with Gasteiger partial charge in [-0.2, -0.15) is 14.7 Å². The fourth-order valence-electron chi connectivity index (χ4n) is 5.86. The van der Waals surface area contributed by atoms with Crippen LogP contribution in [0.5, 0.6) is 0 Å². The molecule has 0 aliphatic carbocycles. The molecule has 2 aliphatic heterocycles. The van der Waals surface area contributed by atoms with Crippen molar-refractivity contribution in [3.8, 4) is 11.1 Å². The van der Waals surface area contributed by atoms with Crippen LogP contribution in [-0.4, -0.2) is 85.3 Å². The van der Waals surface area contributed by atoms with E-state index < -0.39 is 9.84 Å². The van der Waals surface area contributed by atoms with Crippen molar-refractivity contribution < 1.29 is 18.0 Å². The van der Waals surface area contributed by atoms with E-state index in [0.29, 0.717) is 35.3 Å². The molecule has 4 N–H and O–H groups in total. The molecule has 2 aliphatic rings. The Morgan fingerprint density at radius 1 is 1.13 bits per heavy atom. The summed E-state index contributed by atoms with van der Waals surface area (Å²) >= 11 is 0. The minimum absolute atomic E-state index is 0.0220. The summed E-state index contributed by atoms with van der Waals surface area (Å²) < 4.78 is 27.3. The van der Waals surface area contributed by atoms with Gasteiger partial charge in [0.05, 0.1) is 11.9 Å². The molecule has 0 radical (unpaired) electrons. The fraction of sp³-hybridized carbons (Fsp3) is 0.375. The Bertz CT molecular complexity index is 1680. The topological polar surface area (TPSA) is 194 Å². The average molecular weight is 551 g/mol. The number of hydrogen-bond acceptors (Lipinski definition) is 10. The maximum absolute atomic E-state index is 13.1. The summed E-state index contributed by atoms with van der Waals surface area (Å²) in [4.78, 5) is 39.9. The average Bonchev–Trinajstić information content (AvgIpc) is 3.65. The van der Waals surface area contributed by atoms with Gasteiger partial charge in [0.1, 0.15) is 22.7 Å². The van der Waals surface area contributed by atoms with Crippen LogP contribution in [0.25, 0.3) is 16.8 Å². The van der Waals surface area contributed by atoms with Crippen LogP contribution in [-0.2, 0) is 9.84 Å². The highest BCUT2D eigenvalue weighted by Gasteiger charge is 2.46. The van der Waals surface area contributed by atoms with Gasteiger partial charge in [-0.25, -0.2) is 18.4 Å². The lowest BCUT2D eigenvalue weighted by Crippen LogP contribution is -2.46. The summed E-state index contributed by atoms with van der Waals surface area (Å²) in [7, 11) is -2.24. The lowest BCUT2D eigenvalue weighted by molar-refractivity contribution is 0.0556. The Labute approximate surface area is 223 Å². The third kappa shape index (κ3) is 4.09. The highest BCUT2D eigenvalue weighted by molar-refractivity contribution is 7.91. The molecule has 15 heteroatoms. The van der Waals surface area contributed by atoms with E-state index in [2.05, 4.69) is 30.6 Å². The van der Waals surface area contributed by atoms with E-state index in [1.54, 1.807) is 18.3 Å². The first kappa shape index (κ1) is 24.9. The number of rotatable bonds is 5. The number of hydrogen-bond donors (Lipinski definition) is 3. The number of nitrogens with two attached hydrogens (primary N) is 1. The number of carbonyl (C=O) groups is 2. The summed E-state index contributed by atoms with van der Waals surface area (Å²) in [5.74, 6) is -0.603. The van der Waals surface area contributed by atoms with Crippen molar-refractivity contribution in [1.29, 1.82) is 0 Å². The minimum atomic E-state index is -3.77. The number of anilines is 1. The molecule has 14 nitrogen and oxygen atoms in total. The van der Waals surface area contributed by atoms with Gasteiger partial charge >= 0.3 is 0 Å². The molecule has 1 unspecified atom stereocenters. The van der Waals surface area contributed by atoms with Crippen LogP contribution in [0.4, 0.5) is 5.82 Å². The van der Waals surface area contributed by atoms with E-state index in [1.165, 1.54) is 24.1 Å². The molecule has 4 aromatic heterocycles. The zero-order chi connectivity index (χ0) is 27.5. The second-order valence-corrected chi connectivity index (χ2v) is 11.8. The summed E-state index contributed by atoms with van der Waals surface area (Å²) in [6, 6.07) is 3.13. The second-order valence-electron chi connectivity index (χ2n) is 9.89. The Hall–Kier alpha value is -4.40. The van der Waals surface area contributed by atoms with E-state index in [1.807, 2.05) is 4.90 Å². The lowest BCUT2D eigenvalue weighted by Gasteiger charge is -2.38. The van der Waals surface area contributed by atoms with Gasteiger partial charge < -0.3 is 16.0 Å². The van der Waals surface area contributed by atoms with Crippen molar-refractivity contribution in [1.82, 2.24) is 45.0 Å². The Morgan fingerprint density at radius 3 is 2.46 bits per heavy atom. The van der Waals surface area contributed by atoms with E-state index in [4.69, 9.17) is 10.7 Å². The van der Waals surface area contributed by atoms with Crippen LogP contribution in [0.15, 0.2) is 35.7 Å². The van der Waals surface area contributed by atoms with Crippen molar-refractivity contribution >= 4 is 33.1 Å². The first-order valence-electron chi connectivity index (χ1n) is 12.4. The molecule has 4 aromatic rings. The number of sulfone groups is 1. The number of H-pyrrole nitrogens is 1. The first-order chi connectivity index (χ1) is 18.7. The van der Waals surface area contributed by atoms with Crippen molar-refractivity contribution in [2.24, 2.45) is 0 Å². The van der Waals surface area contributed by atoms with Gasteiger partial charge in [-0.05, 0) is 31.7 Å². The van der Waals surface area contributed by atoms with Gasteiger partial charge in [0.2, 0.25) is 5.82 Å². The number of aromatic nitrogens is 7. The highest BCUT2D eigenvalue weighted by atomic mass is 32.2. The SMILES string of the molecule is CNC(=O)c1ccc(-c2cnn3c(N)c(S(C)(=O)=O)c(C4C[C@H]5CC[C@@H](C4)N5C(=O)c4ncn[nH]4)nc23)cn1. The molecule has 2 amide bonds. The van der Waals surface area contributed by atoms with Crippen LogP contribution in [0.1, 0.15) is 58.4 Å². The molecule has 6 heterocycles. The van der Waals surface area contributed by atoms with Gasteiger partial charge in [0, 0.05) is 48.6 Å². The standard InChI is InChI=1S/C24H26N10O4S/c1-26-23(35)17-6-3-12(9-27-17)16-10-30-34-20(25)19(39(2,37)38)18(31-22(16)34)13-7-14-4-5-15(8-13)33(14)24(36)21-28-11-29-32-21/h3,6,9-11,13-15H,4-5,7-8,25H2,1-2H3,(H,26,35)(H,28,29,32)/t13?,14-,15+. The number of aromatic amines is 1. The van der Waals surface area contributed by atoms with E-state index in [0.717, 1.165) is 19.1 Å². The number of nitrogens with zero attached hydrogens (tertiary/aromatic N) is 7. The van der Waals surface area contributed by atoms with Crippen LogP contribution >= 0.6 is 0 Å². The van der Waals surface area contributed by atoms with E-state index in [9.17, 15) is 18.0 Å². The number of carbonyl (C=O) groups excluding carboxylic acids is 2. The smallest absolute Gasteiger partial charge is 0.291 e. The largest absolute Gasteiger partial charge is 0.382 e. The van der Waals surface area contributed by atoms with Crippen LogP contribution in [0.3, 0.4) is 0 Å². The highest BCUT2D eigenvalue weighted by Crippen LogP contribution is 2.45. The Kier molecular flexibility index (Phi) is 5.82. The Morgan fingerprint density at radius 2 is 1.87 bits per heavy atom. The Balaban J connectivity index is 1.42. The molecular formula is C24H26N10O4S. The zero-order valence-electron chi connectivity index (χ0n) is 21.2. The van der Waals surface area contributed by atoms with Gasteiger partial charge in [0.15, 0.2) is 15.5 Å². The van der Waals surface area contributed by atoms with Gasteiger partial charge in [-0.1, -0.05) is 6.07 Å². The molecular weight excluding hydrogens is 524 g/mol. The maximum Gasteiger partial charge on any atom is 0.291 e. The molecule has 2 bridgehead atoms. The van der Waals surface area contributed by atoms with E-state index in [-0.39, 0.29) is 52.0 Å². The summed E-state index contributed by atoms with van der Waals surface area (Å²) in [5.41, 5.74) is 8.71. The first-order valence-corrected chi connectivity index (χ1v) is 14.3. The summed E-state index contributed by atoms with van der Waals surface area (Å²) in [6.07, 6.45) is 8.17. The van der Waals surface area contributed by atoms with Crippen LogP contribution in [0.2, 0.25) is 0 Å². The number of pyridine rings is 1. The maximum atomic E-state index is 13.1. The molecule has 202 valence electrons. The van der Waals surface area contributed by atoms with Gasteiger partial charge in [0.25, 0.3) is 11.8 Å². The molecule has 39 heavy (non-hydrogen) atoms. The third-order valence-electron chi connectivity index (χ3n) is 7.54. The van der Waals surface area contributed by atoms with Crippen LogP contribution in [0, 0.1) is 0 Å². The quantitative estimate of drug-likeness (QED) is 0.320. The van der Waals surface area contributed by atoms with Crippen molar-refractivity contribution in [2.45, 2.75) is 48.6 Å². The summed E-state index contributed by atoms with van der Waals surface area (Å²) in [6.45, 7) is 0. The van der Waals surface area contributed by atoms with Crippen molar-refractivity contribution in [3.63, 3.8) is 0 Å². The third-order valence-corrected chi connectivity index (χ3v) is 8.70. The molecule has 0 spiro atoms. The minimum Gasteiger partial charge on any atom is -0.382 e. The molecule has 3 atom stereocenters. The molecule has 2 fully saturated rings. The molecule has 0 aromatic carbocycles. The summed E-state index contributed by atoms with van der Waals surface area (Å²) in [5, 5.41) is 13.3. The van der Waals surface area contributed by atoms with E-state index >= 15 is 0 Å². The molecule has 0 saturated carbocycles. The van der Waals surface area contributed by atoms with Crippen molar-refractivity contribution in [3.05, 3.63) is 48.1 Å². The van der Waals surface area contributed by atoms with Crippen molar-refractivity contribution in [2.75, 3.05) is 19.0 Å². The fourth-order valence-corrected chi connectivity index (χ4v) is 6.92. The monoisotopic (exact) mass is 550 g/mol. The predicted molar refractivity (Wildman–Crippen MR) is 138 cm³/mol. The molecule has 2 saturated heterocycles. The zero-order valence-corrected chi connectivity index (χ0v) is 22.0. The molecule has 6 rings (SSSR count). The number of amides is 2. The number of nitrogens with one attached hydrogen (secondary N) is 2. The normalized spacial score (nSPS) is 20.9. The second kappa shape index (κ2) is 9.11. The predicted octanol–water partition coefficient (Wildman–Crippen LogP) is 0.806. The number of nitrogen functional groups attached to an aromatic ring is 1. The van der Waals surface area contributed by atoms with Crippen LogP contribution < -0.4 is 11.1 Å². The number of fused-ring (bicyclic) bond motifs is 3. The lowest BCUT2D eigenvalue weighted by atomic mass is 9.87. The van der Waals surface area contributed by atoms with Gasteiger partial charge in [-0.15, -0.1) is 0 Å².